The minimum atomic E-state index is -1.50. The van der Waals surface area contributed by atoms with Crippen molar-refractivity contribution < 1.29 is 20.1 Å². The van der Waals surface area contributed by atoms with Gasteiger partial charge in [-0.05, 0) is 161 Å². The first-order valence-corrected chi connectivity index (χ1v) is 46.1. The molecule has 0 aliphatic heterocycles. The third-order valence-electron chi connectivity index (χ3n) is 23.1. The molecular weight excluding hydrogens is 1870 g/mol. The van der Waals surface area contributed by atoms with E-state index in [0.29, 0.717) is 72.6 Å². The van der Waals surface area contributed by atoms with E-state index >= 15 is 0 Å². The number of rotatable bonds is 15. The summed E-state index contributed by atoms with van der Waals surface area (Å²) in [6, 6.07) is 148. The number of aromatic nitrogens is 9. The number of benzene rings is 17. The fourth-order valence-corrected chi connectivity index (χ4v) is 19.3. The van der Waals surface area contributed by atoms with Crippen molar-refractivity contribution in [3.8, 4) is 124 Å². The lowest BCUT2D eigenvalue weighted by Gasteiger charge is -2.34. The summed E-state index contributed by atoms with van der Waals surface area (Å²) in [5.74, 6) is 4.80. The highest BCUT2D eigenvalue weighted by molar-refractivity contribution is 9.10. The number of hydrogen-bond donors (Lipinski definition) is 4. The first-order valence-electron chi connectivity index (χ1n) is 43.0. The van der Waals surface area contributed by atoms with E-state index in [9.17, 15) is 10.0 Å². The predicted octanol–water partition coefficient (Wildman–Crippen LogP) is 26.2. The molecule has 3 aromatic heterocycles. The average Bonchev–Trinajstić information content (AvgIpc) is 1.54. The lowest BCUT2D eigenvalue weighted by molar-refractivity contribution is 0.424. The number of hydrogen-bond acceptors (Lipinski definition) is 13. The second-order valence-corrected chi connectivity index (χ2v) is 35.0. The molecule has 0 amide bonds. The zero-order valence-corrected chi connectivity index (χ0v) is 77.6. The van der Waals surface area contributed by atoms with Crippen LogP contribution in [0.5, 0.6) is 0 Å². The van der Waals surface area contributed by atoms with E-state index in [2.05, 4.69) is 244 Å². The summed E-state index contributed by atoms with van der Waals surface area (Å²) < 4.78 is 1.61. The zero-order chi connectivity index (χ0) is 92.1. The SMILES string of the molecule is Clc1cc(-c2ccc3c(c2)C(c2ccccc2)(c2ccccc2)c2ccccc2-3)cc(-c2nc(-c3ccccc3)nc(-c3ccccc3)n2)c1.Clc1cc(Br)cc(-c2nc(-c3ccccc3)nc(-c3ccccc3)n2)c1.Clc1nc(-c2ccccc2)nc(-c2ccccc2)n1.OB(O)c1cc(Cl)cc(Br)c1.OB(O)c1ccc2c(c1)C(c1ccccc1)(c1ccccc1)c1ccccc1-2. The van der Waals surface area contributed by atoms with Gasteiger partial charge in [-0.3, -0.25) is 0 Å². The molecule has 0 bridgehead atoms. The van der Waals surface area contributed by atoms with E-state index in [1.807, 2.05) is 237 Å². The Morgan fingerprint density at radius 2 is 0.455 bits per heavy atom. The average molecular weight is 1950 g/mol. The van der Waals surface area contributed by atoms with Gasteiger partial charge in [0.15, 0.2) is 46.6 Å². The number of fused-ring (bicyclic) bond motifs is 6. The summed E-state index contributed by atoms with van der Waals surface area (Å²) in [5.41, 5.74) is 23.6. The van der Waals surface area contributed by atoms with Gasteiger partial charge in [0.05, 0.1) is 10.8 Å². The Balaban J connectivity index is 0.000000122. The van der Waals surface area contributed by atoms with Gasteiger partial charge in [0.2, 0.25) is 5.28 Å². The Morgan fingerprint density at radius 3 is 0.791 bits per heavy atom. The first kappa shape index (κ1) is 90.4. The van der Waals surface area contributed by atoms with Crippen molar-refractivity contribution in [2.45, 2.75) is 10.8 Å². The lowest BCUT2D eigenvalue weighted by atomic mass is 9.66. The summed E-state index contributed by atoms with van der Waals surface area (Å²) >= 11 is 31.4. The van der Waals surface area contributed by atoms with Crippen molar-refractivity contribution >= 4 is 103 Å². The van der Waals surface area contributed by atoms with Crippen LogP contribution >= 0.6 is 78.3 Å². The van der Waals surface area contributed by atoms with Gasteiger partial charge in [-0.2, -0.15) is 9.97 Å². The molecule has 646 valence electrons. The molecule has 4 N–H and O–H groups in total. The number of nitrogens with zero attached hydrogens (tertiary/aromatic N) is 9. The monoisotopic (exact) mass is 1940 g/mol. The normalized spacial score (nSPS) is 11.9. The van der Waals surface area contributed by atoms with Gasteiger partial charge in [-0.25, -0.2) is 34.9 Å². The van der Waals surface area contributed by atoms with Crippen molar-refractivity contribution in [1.82, 2.24) is 44.9 Å². The van der Waals surface area contributed by atoms with E-state index in [4.69, 9.17) is 71.4 Å². The van der Waals surface area contributed by atoms with E-state index in [1.165, 1.54) is 50.6 Å². The fourth-order valence-electron chi connectivity index (χ4n) is 17.2. The van der Waals surface area contributed by atoms with Gasteiger partial charge in [-0.1, -0.05) is 449 Å². The quantitative estimate of drug-likeness (QED) is 0.0708. The molecule has 20 aromatic rings. The Bertz CT molecular complexity index is 7240. The smallest absolute Gasteiger partial charge is 0.423 e. The number of halogens is 6. The molecule has 17 aromatic carbocycles. The molecular formula is C113H77B2Br2Cl4N9O4. The van der Waals surface area contributed by atoms with Crippen LogP contribution in [0.1, 0.15) is 44.5 Å². The van der Waals surface area contributed by atoms with Crippen molar-refractivity contribution in [3.63, 3.8) is 0 Å². The van der Waals surface area contributed by atoms with Crippen LogP contribution in [0, 0.1) is 0 Å². The van der Waals surface area contributed by atoms with Crippen LogP contribution in [0.3, 0.4) is 0 Å². The van der Waals surface area contributed by atoms with E-state index in [1.54, 1.807) is 18.2 Å². The van der Waals surface area contributed by atoms with Crippen molar-refractivity contribution in [2.24, 2.45) is 0 Å². The van der Waals surface area contributed by atoms with Crippen LogP contribution in [-0.2, 0) is 10.8 Å². The molecule has 2 aliphatic rings. The summed E-state index contributed by atoms with van der Waals surface area (Å²) in [5, 5.41) is 39.1. The second-order valence-electron chi connectivity index (χ2n) is 31.5. The van der Waals surface area contributed by atoms with Crippen LogP contribution < -0.4 is 10.9 Å². The lowest BCUT2D eigenvalue weighted by Crippen LogP contribution is -2.33. The van der Waals surface area contributed by atoms with Gasteiger partial charge < -0.3 is 20.1 Å². The predicted molar refractivity (Wildman–Crippen MR) is 551 cm³/mol. The third kappa shape index (κ3) is 19.7. The van der Waals surface area contributed by atoms with E-state index < -0.39 is 25.1 Å². The maximum Gasteiger partial charge on any atom is 0.488 e. The minimum Gasteiger partial charge on any atom is -0.423 e. The highest BCUT2D eigenvalue weighted by Crippen LogP contribution is 2.58. The van der Waals surface area contributed by atoms with Gasteiger partial charge in [0, 0.05) is 68.5 Å². The summed E-state index contributed by atoms with van der Waals surface area (Å²) in [6.45, 7) is 0. The maximum atomic E-state index is 9.84. The minimum absolute atomic E-state index is 0.202. The van der Waals surface area contributed by atoms with E-state index in [0.717, 1.165) is 86.8 Å². The third-order valence-corrected chi connectivity index (χ3v) is 24.8. The Labute approximate surface area is 813 Å². The summed E-state index contributed by atoms with van der Waals surface area (Å²) in [7, 11) is -2.97. The largest absolute Gasteiger partial charge is 0.488 e. The standard InChI is InChI=1S/C46H30ClN3.C25H19BO2.C21H13BrClN3.C15H10ClN3.C6H5BBrClO2/c47-38-28-34(27-35(29-38)45-49-43(31-15-5-1-6-16-31)48-44(50-45)32-17-7-2-8-18-32)33-25-26-40-39-23-13-14-24-41(39)46(42(40)30-33,36-19-9-3-10-20-36)37-21-11-4-12-22-37;27-26(28)20-15-16-22-21-13-7-8-14-23(21)25(24(22)17-20,18-9-3-1-4-10-18)19-11-5-2-6-12-19;22-17-11-16(12-18(23)13-17)21-25-19(14-7-3-1-4-8-14)24-20(26-21)15-9-5-2-6-10-15;16-15-18-13(11-7-3-1-4-8-11)17-14(19-15)12-9-5-2-6-10-12;8-5-1-4(7(10)11)2-6(9)3-5/h1-30H;1-17,27-28H;1-13H;1-10H;1-3,10-11H. The zero-order valence-electron chi connectivity index (χ0n) is 71.4. The molecule has 22 rings (SSSR count). The molecule has 0 spiro atoms. The maximum absolute atomic E-state index is 9.84. The molecule has 0 atom stereocenters. The van der Waals surface area contributed by atoms with Crippen molar-refractivity contribution in [2.75, 3.05) is 0 Å². The molecule has 21 heteroatoms. The Hall–Kier alpha value is -14.1. The Morgan fingerprint density at radius 1 is 0.194 bits per heavy atom. The molecule has 0 fully saturated rings. The van der Waals surface area contributed by atoms with Crippen LogP contribution in [0.4, 0.5) is 0 Å². The van der Waals surface area contributed by atoms with E-state index in [-0.39, 0.29) is 5.28 Å². The van der Waals surface area contributed by atoms with Crippen LogP contribution in [0.15, 0.2) is 452 Å². The first-order chi connectivity index (χ1) is 65.5. The topological polar surface area (TPSA) is 197 Å². The molecule has 3 heterocycles. The molecule has 0 radical (unpaired) electrons. The molecule has 0 unspecified atom stereocenters. The van der Waals surface area contributed by atoms with Crippen molar-refractivity contribution in [3.05, 3.63) is 517 Å². The molecule has 2 aliphatic carbocycles. The highest BCUT2D eigenvalue weighted by Gasteiger charge is 2.48. The molecule has 134 heavy (non-hydrogen) atoms. The second kappa shape index (κ2) is 41.3. The van der Waals surface area contributed by atoms with Crippen molar-refractivity contribution in [1.29, 1.82) is 0 Å². The fraction of sp³-hybridized carbons (Fsp3) is 0.0177. The summed E-state index contributed by atoms with van der Waals surface area (Å²) in [4.78, 5) is 41.7. The summed E-state index contributed by atoms with van der Waals surface area (Å²) in [6.07, 6.45) is 0. The molecule has 0 saturated heterocycles. The van der Waals surface area contributed by atoms with Crippen LogP contribution in [0.2, 0.25) is 20.4 Å². The highest BCUT2D eigenvalue weighted by atomic mass is 79.9. The van der Waals surface area contributed by atoms with Gasteiger partial charge in [0.25, 0.3) is 0 Å². The van der Waals surface area contributed by atoms with Gasteiger partial charge >= 0.3 is 14.2 Å². The van der Waals surface area contributed by atoms with Crippen LogP contribution in [-0.4, -0.2) is 79.2 Å². The van der Waals surface area contributed by atoms with Crippen LogP contribution in [0.25, 0.3) is 124 Å². The Kier molecular flexibility index (Phi) is 27.9. The molecule has 0 saturated carbocycles. The van der Waals surface area contributed by atoms with Gasteiger partial charge in [-0.15, -0.1) is 0 Å². The molecule has 13 nitrogen and oxygen atoms in total. The van der Waals surface area contributed by atoms with Gasteiger partial charge in [0.1, 0.15) is 0 Å².